The van der Waals surface area contributed by atoms with Crippen molar-refractivity contribution in [2.75, 3.05) is 10.6 Å². The number of hydrogen-bond donors (Lipinski definition) is 2. The van der Waals surface area contributed by atoms with Crippen molar-refractivity contribution in [1.82, 2.24) is 14.8 Å². The molecule has 0 aliphatic rings. The van der Waals surface area contributed by atoms with E-state index < -0.39 is 6.03 Å². The number of anilines is 2. The molecular formula is C21H14Cl3N5O2. The fraction of sp³-hybridized carbons (Fsp3) is 0. The lowest BCUT2D eigenvalue weighted by Gasteiger charge is -2.14. The van der Waals surface area contributed by atoms with Gasteiger partial charge in [0, 0.05) is 15.7 Å². The van der Waals surface area contributed by atoms with Gasteiger partial charge in [-0.15, -0.1) is 0 Å². The van der Waals surface area contributed by atoms with E-state index >= 15 is 0 Å². The Morgan fingerprint density at radius 2 is 1.58 bits per heavy atom. The van der Waals surface area contributed by atoms with Gasteiger partial charge in [-0.05, 0) is 60.7 Å². The number of hydrogen-bond acceptors (Lipinski definition) is 4. The minimum absolute atomic E-state index is 0.338. The van der Waals surface area contributed by atoms with Crippen LogP contribution in [0.2, 0.25) is 15.1 Å². The summed E-state index contributed by atoms with van der Waals surface area (Å²) in [7, 11) is 0. The molecule has 4 rings (SSSR count). The van der Waals surface area contributed by atoms with Crippen molar-refractivity contribution in [1.29, 1.82) is 0 Å². The van der Waals surface area contributed by atoms with Crippen LogP contribution in [0, 0.1) is 0 Å². The first kappa shape index (κ1) is 21.0. The standard InChI is InChI=1S/C21H14Cl3N5O2/c22-13-1-7-19(17(24)9-13)31-20-8-2-14(23)10-18(20)28-21(30)27-15-3-5-16(6-4-15)29-12-25-11-26-29/h1-12H,(H2,27,28,30). The van der Waals surface area contributed by atoms with E-state index in [1.807, 2.05) is 0 Å². The second-order valence-corrected chi connectivity index (χ2v) is 7.56. The van der Waals surface area contributed by atoms with Gasteiger partial charge in [0.2, 0.25) is 0 Å². The van der Waals surface area contributed by atoms with Crippen molar-refractivity contribution in [2.24, 2.45) is 0 Å². The highest BCUT2D eigenvalue weighted by molar-refractivity contribution is 6.35. The van der Waals surface area contributed by atoms with Crippen molar-refractivity contribution >= 4 is 52.2 Å². The molecule has 0 fully saturated rings. The van der Waals surface area contributed by atoms with Gasteiger partial charge in [0.15, 0.2) is 5.75 Å². The zero-order chi connectivity index (χ0) is 21.8. The van der Waals surface area contributed by atoms with E-state index in [1.165, 1.54) is 6.33 Å². The van der Waals surface area contributed by atoms with Gasteiger partial charge in [-0.1, -0.05) is 34.8 Å². The molecule has 0 spiro atoms. The number of benzene rings is 3. The van der Waals surface area contributed by atoms with Gasteiger partial charge >= 0.3 is 6.03 Å². The molecule has 10 heteroatoms. The first-order chi connectivity index (χ1) is 15.0. The summed E-state index contributed by atoms with van der Waals surface area (Å²) in [5, 5.41) is 10.8. The van der Waals surface area contributed by atoms with Crippen LogP contribution in [-0.2, 0) is 0 Å². The second-order valence-electron chi connectivity index (χ2n) is 6.28. The maximum Gasteiger partial charge on any atom is 0.323 e. The predicted octanol–water partition coefficient (Wildman–Crippen LogP) is 6.66. The molecule has 156 valence electrons. The quantitative estimate of drug-likeness (QED) is 0.339. The van der Waals surface area contributed by atoms with Crippen molar-refractivity contribution in [3.05, 3.63) is 88.4 Å². The second kappa shape index (κ2) is 9.26. The summed E-state index contributed by atoms with van der Waals surface area (Å²) in [4.78, 5) is 16.4. The molecular weight excluding hydrogens is 461 g/mol. The summed E-state index contributed by atoms with van der Waals surface area (Å²) in [5.74, 6) is 0.755. The number of nitrogens with one attached hydrogen (secondary N) is 2. The van der Waals surface area contributed by atoms with Crippen LogP contribution in [0.25, 0.3) is 5.69 Å². The summed E-state index contributed by atoms with van der Waals surface area (Å²) in [6, 6.07) is 16.4. The molecule has 31 heavy (non-hydrogen) atoms. The largest absolute Gasteiger partial charge is 0.454 e. The minimum atomic E-state index is -0.470. The Kier molecular flexibility index (Phi) is 6.27. The van der Waals surface area contributed by atoms with Gasteiger partial charge in [0.05, 0.1) is 16.4 Å². The third-order valence-electron chi connectivity index (χ3n) is 4.11. The lowest BCUT2D eigenvalue weighted by atomic mass is 10.2. The van der Waals surface area contributed by atoms with Crippen LogP contribution in [-0.4, -0.2) is 20.8 Å². The van der Waals surface area contributed by atoms with Crippen molar-refractivity contribution in [2.45, 2.75) is 0 Å². The summed E-state index contributed by atoms with van der Waals surface area (Å²) in [6.45, 7) is 0. The molecule has 0 aliphatic heterocycles. The van der Waals surface area contributed by atoms with Crippen molar-refractivity contribution in [3.63, 3.8) is 0 Å². The third kappa shape index (κ3) is 5.27. The Morgan fingerprint density at radius 3 is 2.26 bits per heavy atom. The summed E-state index contributed by atoms with van der Waals surface area (Å²) in [5.41, 5.74) is 1.77. The maximum absolute atomic E-state index is 12.5. The number of aromatic nitrogens is 3. The van der Waals surface area contributed by atoms with E-state index in [4.69, 9.17) is 39.5 Å². The van der Waals surface area contributed by atoms with Crippen LogP contribution >= 0.6 is 34.8 Å². The molecule has 0 aliphatic carbocycles. The molecule has 0 saturated carbocycles. The lowest BCUT2D eigenvalue weighted by molar-refractivity contribution is 0.262. The smallest absolute Gasteiger partial charge is 0.323 e. The van der Waals surface area contributed by atoms with E-state index in [9.17, 15) is 4.79 Å². The fourth-order valence-corrected chi connectivity index (χ4v) is 3.31. The number of rotatable bonds is 5. The Balaban J connectivity index is 1.48. The molecule has 0 radical (unpaired) electrons. The predicted molar refractivity (Wildman–Crippen MR) is 122 cm³/mol. The SMILES string of the molecule is O=C(Nc1ccc(-n2cncn2)cc1)Nc1cc(Cl)ccc1Oc1ccc(Cl)cc1Cl. The van der Waals surface area contributed by atoms with Crippen molar-refractivity contribution < 1.29 is 9.53 Å². The molecule has 1 aromatic heterocycles. The molecule has 1 heterocycles. The number of carbonyl (C=O) groups excluding carboxylic acids is 1. The van der Waals surface area contributed by atoms with E-state index in [-0.39, 0.29) is 0 Å². The first-order valence-electron chi connectivity index (χ1n) is 8.93. The van der Waals surface area contributed by atoms with E-state index in [0.29, 0.717) is 37.9 Å². The molecule has 3 aromatic carbocycles. The Hall–Kier alpha value is -3.26. The Morgan fingerprint density at radius 1 is 0.871 bits per heavy atom. The van der Waals surface area contributed by atoms with E-state index in [1.54, 1.807) is 71.7 Å². The van der Waals surface area contributed by atoms with Crippen LogP contribution in [0.3, 0.4) is 0 Å². The summed E-state index contributed by atoms with van der Waals surface area (Å²) >= 11 is 18.2. The number of ether oxygens (including phenoxy) is 1. The van der Waals surface area contributed by atoms with Crippen LogP contribution in [0.1, 0.15) is 0 Å². The van der Waals surface area contributed by atoms with Gasteiger partial charge in [0.25, 0.3) is 0 Å². The van der Waals surface area contributed by atoms with Crippen LogP contribution < -0.4 is 15.4 Å². The van der Waals surface area contributed by atoms with E-state index in [2.05, 4.69) is 20.7 Å². The van der Waals surface area contributed by atoms with Crippen LogP contribution in [0.15, 0.2) is 73.3 Å². The third-order valence-corrected chi connectivity index (χ3v) is 4.88. The maximum atomic E-state index is 12.5. The monoisotopic (exact) mass is 473 g/mol. The van der Waals surface area contributed by atoms with Gasteiger partial charge in [-0.25, -0.2) is 14.5 Å². The topological polar surface area (TPSA) is 81.1 Å². The molecule has 2 amide bonds. The van der Waals surface area contributed by atoms with Gasteiger partial charge in [-0.2, -0.15) is 5.10 Å². The molecule has 2 N–H and O–H groups in total. The number of halogens is 3. The first-order valence-corrected chi connectivity index (χ1v) is 10.1. The number of nitrogens with zero attached hydrogens (tertiary/aromatic N) is 3. The molecule has 0 bridgehead atoms. The normalized spacial score (nSPS) is 10.5. The van der Waals surface area contributed by atoms with Crippen molar-refractivity contribution in [3.8, 4) is 17.2 Å². The van der Waals surface area contributed by atoms with Crippen LogP contribution in [0.4, 0.5) is 16.2 Å². The molecule has 4 aromatic rings. The van der Waals surface area contributed by atoms with Gasteiger partial charge in [-0.3, -0.25) is 0 Å². The van der Waals surface area contributed by atoms with Gasteiger partial charge < -0.3 is 15.4 Å². The van der Waals surface area contributed by atoms with Crippen LogP contribution in [0.5, 0.6) is 11.5 Å². The molecule has 0 saturated heterocycles. The Labute approximate surface area is 192 Å². The zero-order valence-corrected chi connectivity index (χ0v) is 18.0. The summed E-state index contributed by atoms with van der Waals surface area (Å²) in [6.07, 6.45) is 3.03. The average molecular weight is 475 g/mol. The molecule has 0 atom stereocenters. The number of urea groups is 1. The minimum Gasteiger partial charge on any atom is -0.454 e. The summed E-state index contributed by atoms with van der Waals surface area (Å²) < 4.78 is 7.46. The number of carbonyl (C=O) groups is 1. The average Bonchev–Trinajstić information content (AvgIpc) is 3.27. The molecule has 7 nitrogen and oxygen atoms in total. The van der Waals surface area contributed by atoms with E-state index in [0.717, 1.165) is 5.69 Å². The highest BCUT2D eigenvalue weighted by atomic mass is 35.5. The fourth-order valence-electron chi connectivity index (χ4n) is 2.69. The Bertz CT molecular complexity index is 1210. The lowest BCUT2D eigenvalue weighted by Crippen LogP contribution is -2.19. The highest BCUT2D eigenvalue weighted by Gasteiger charge is 2.12. The highest BCUT2D eigenvalue weighted by Crippen LogP contribution is 2.36. The zero-order valence-electron chi connectivity index (χ0n) is 15.7. The number of amides is 2. The van der Waals surface area contributed by atoms with Gasteiger partial charge in [0.1, 0.15) is 18.4 Å². The molecule has 0 unspecified atom stereocenters.